The molecule has 0 aliphatic rings. The first-order valence-corrected chi connectivity index (χ1v) is 13.0. The maximum atomic E-state index is 13.8. The van der Waals surface area contributed by atoms with Crippen molar-refractivity contribution in [2.45, 2.75) is 19.4 Å². The Labute approximate surface area is 230 Å². The third-order valence-electron chi connectivity index (χ3n) is 7.14. The largest absolute Gasteiger partial charge is 0.478 e. The maximum absolute atomic E-state index is 13.8. The van der Waals surface area contributed by atoms with E-state index in [-0.39, 0.29) is 17.5 Å². The van der Waals surface area contributed by atoms with Crippen molar-refractivity contribution >= 4 is 28.2 Å². The summed E-state index contributed by atoms with van der Waals surface area (Å²) in [7, 11) is 0. The van der Waals surface area contributed by atoms with Gasteiger partial charge in [-0.2, -0.15) is 0 Å². The maximum Gasteiger partial charge on any atom is 0.335 e. The second kappa shape index (κ2) is 10.5. The van der Waals surface area contributed by atoms with Gasteiger partial charge < -0.3 is 14.8 Å². The quantitative estimate of drug-likeness (QED) is 0.253. The second-order valence-electron chi connectivity index (χ2n) is 9.81. The Morgan fingerprint density at radius 3 is 2.50 bits per heavy atom. The van der Waals surface area contributed by atoms with Gasteiger partial charge in [0, 0.05) is 30.4 Å². The van der Waals surface area contributed by atoms with Crippen LogP contribution in [0, 0.1) is 0 Å². The van der Waals surface area contributed by atoms with Crippen LogP contribution in [0.1, 0.15) is 50.5 Å². The zero-order valence-corrected chi connectivity index (χ0v) is 21.8. The highest BCUT2D eigenvalue weighted by atomic mass is 16.4. The van der Waals surface area contributed by atoms with Crippen molar-refractivity contribution in [3.63, 3.8) is 0 Å². The minimum absolute atomic E-state index is 0.202. The number of nitrogens with zero attached hydrogens (tertiary/aromatic N) is 3. The number of pyridine rings is 2. The minimum atomic E-state index is -0.987. The van der Waals surface area contributed by atoms with Gasteiger partial charge >= 0.3 is 5.97 Å². The molecule has 0 fully saturated rings. The van der Waals surface area contributed by atoms with Crippen molar-refractivity contribution in [2.75, 3.05) is 0 Å². The predicted octanol–water partition coefficient (Wildman–Crippen LogP) is 6.33. The summed E-state index contributed by atoms with van der Waals surface area (Å²) in [5.41, 5.74) is 6.05. The van der Waals surface area contributed by atoms with Crippen molar-refractivity contribution in [3.8, 4) is 11.1 Å². The van der Waals surface area contributed by atoms with Crippen LogP contribution in [0.4, 0.5) is 0 Å². The fourth-order valence-electron chi connectivity index (χ4n) is 5.00. The Hall–Kier alpha value is -5.30. The van der Waals surface area contributed by atoms with Crippen molar-refractivity contribution in [2.24, 2.45) is 0 Å². The number of carbonyl (C=O) groups is 2. The van der Waals surface area contributed by atoms with Gasteiger partial charge in [0.05, 0.1) is 34.7 Å². The van der Waals surface area contributed by atoms with E-state index in [4.69, 9.17) is 4.98 Å². The molecule has 7 nitrogen and oxygen atoms in total. The number of hydrogen-bond donors (Lipinski definition) is 2. The summed E-state index contributed by atoms with van der Waals surface area (Å²) in [4.78, 5) is 34.0. The van der Waals surface area contributed by atoms with E-state index in [1.54, 1.807) is 36.8 Å². The number of benzene rings is 3. The molecule has 0 spiro atoms. The first-order chi connectivity index (χ1) is 19.5. The molecule has 0 unspecified atom stereocenters. The van der Waals surface area contributed by atoms with Crippen LogP contribution in [-0.4, -0.2) is 31.4 Å². The summed E-state index contributed by atoms with van der Waals surface area (Å²) < 4.78 is 1.92. The van der Waals surface area contributed by atoms with Gasteiger partial charge in [0.25, 0.3) is 5.91 Å². The number of imidazole rings is 1. The Morgan fingerprint density at radius 1 is 0.925 bits per heavy atom. The number of aromatic nitrogens is 3. The summed E-state index contributed by atoms with van der Waals surface area (Å²) in [6.07, 6.45) is 7.93. The zero-order chi connectivity index (χ0) is 27.6. The van der Waals surface area contributed by atoms with E-state index >= 15 is 0 Å². The average Bonchev–Trinajstić information content (AvgIpc) is 3.39. The van der Waals surface area contributed by atoms with Crippen LogP contribution in [0.25, 0.3) is 27.4 Å². The molecule has 3 heterocycles. The lowest BCUT2D eigenvalue weighted by atomic mass is 10.0. The van der Waals surface area contributed by atoms with Crippen molar-refractivity contribution in [3.05, 3.63) is 138 Å². The molecule has 3 aromatic heterocycles. The monoisotopic (exact) mass is 526 g/mol. The predicted molar refractivity (Wildman–Crippen MR) is 154 cm³/mol. The topological polar surface area (TPSA) is 96.6 Å². The number of rotatable bonds is 7. The summed E-state index contributed by atoms with van der Waals surface area (Å²) in [6, 6.07) is 26.3. The molecule has 196 valence electrons. The third kappa shape index (κ3) is 4.92. The molecular formula is C33H26N4O3. The molecule has 0 saturated heterocycles. The molecule has 2 N–H and O–H groups in total. The van der Waals surface area contributed by atoms with Gasteiger partial charge in [0.2, 0.25) is 0 Å². The number of amides is 1. The molecular weight excluding hydrogens is 500 g/mol. The fraction of sp³-hybridized carbons (Fsp3) is 0.0909. The van der Waals surface area contributed by atoms with Gasteiger partial charge in [0.1, 0.15) is 0 Å². The van der Waals surface area contributed by atoms with Gasteiger partial charge in [-0.15, -0.1) is 0 Å². The lowest BCUT2D eigenvalue weighted by molar-refractivity contribution is 0.0696. The van der Waals surface area contributed by atoms with E-state index in [0.29, 0.717) is 12.0 Å². The minimum Gasteiger partial charge on any atom is -0.478 e. The summed E-state index contributed by atoms with van der Waals surface area (Å²) in [5, 5.41) is 14.5. The molecule has 0 saturated carbocycles. The number of aromatic carboxylic acids is 1. The first kappa shape index (κ1) is 25.0. The highest BCUT2D eigenvalue weighted by Gasteiger charge is 2.20. The van der Waals surface area contributed by atoms with Gasteiger partial charge in [-0.1, -0.05) is 54.6 Å². The average molecular weight is 527 g/mol. The molecule has 1 amide bonds. The molecule has 6 rings (SSSR count). The number of carboxylic acid groups (broad SMARTS) is 1. The van der Waals surface area contributed by atoms with E-state index in [0.717, 1.165) is 44.2 Å². The van der Waals surface area contributed by atoms with Gasteiger partial charge in [-0.25, -0.2) is 9.78 Å². The molecule has 6 aromatic rings. The third-order valence-corrected chi connectivity index (χ3v) is 7.14. The standard InChI is InChI=1S/C33H26N4O3/c1-21(23-9-11-26(12-10-23)33(39)40)36-32(38)29-17-28(24-5-3-2-4-6-24)19-37-20-35-30(31(29)37)16-22-7-8-25-13-14-34-18-27(25)15-22/h2-15,17-21H,16H2,1H3,(H,36,38)(H,39,40)/t21-/m0/s1. The number of carboxylic acids is 1. The summed E-state index contributed by atoms with van der Waals surface area (Å²) >= 11 is 0. The van der Waals surface area contributed by atoms with Crippen molar-refractivity contribution in [1.82, 2.24) is 19.7 Å². The number of nitrogens with one attached hydrogen (secondary N) is 1. The van der Waals surface area contributed by atoms with Crippen LogP contribution in [0.5, 0.6) is 0 Å². The first-order valence-electron chi connectivity index (χ1n) is 13.0. The van der Waals surface area contributed by atoms with E-state index in [9.17, 15) is 14.7 Å². The van der Waals surface area contributed by atoms with Crippen LogP contribution in [-0.2, 0) is 6.42 Å². The summed E-state index contributed by atoms with van der Waals surface area (Å²) in [5.74, 6) is -1.22. The van der Waals surface area contributed by atoms with Crippen LogP contribution in [0.15, 0.2) is 110 Å². The molecule has 3 aromatic carbocycles. The highest BCUT2D eigenvalue weighted by Crippen LogP contribution is 2.27. The zero-order valence-electron chi connectivity index (χ0n) is 21.8. The van der Waals surface area contributed by atoms with Crippen LogP contribution >= 0.6 is 0 Å². The van der Waals surface area contributed by atoms with Crippen molar-refractivity contribution in [1.29, 1.82) is 0 Å². The number of hydrogen-bond acceptors (Lipinski definition) is 4. The molecule has 1 atom stereocenters. The molecule has 7 heteroatoms. The second-order valence-corrected chi connectivity index (χ2v) is 9.81. The van der Waals surface area contributed by atoms with E-state index in [2.05, 4.69) is 28.5 Å². The SMILES string of the molecule is C[C@H](NC(=O)c1cc(-c2ccccc2)cn2cnc(Cc3ccc4ccncc4c3)c12)c1ccc(C(=O)O)cc1. The van der Waals surface area contributed by atoms with E-state index in [1.165, 1.54) is 0 Å². The highest BCUT2D eigenvalue weighted by molar-refractivity contribution is 6.03. The number of fused-ring (bicyclic) bond motifs is 2. The van der Waals surface area contributed by atoms with Crippen molar-refractivity contribution < 1.29 is 14.7 Å². The van der Waals surface area contributed by atoms with Crippen LogP contribution in [0.3, 0.4) is 0 Å². The molecule has 0 aliphatic carbocycles. The van der Waals surface area contributed by atoms with Gasteiger partial charge in [-0.05, 0) is 64.9 Å². The van der Waals surface area contributed by atoms with Gasteiger partial charge in [0.15, 0.2) is 0 Å². The van der Waals surface area contributed by atoms with Crippen LogP contribution in [0.2, 0.25) is 0 Å². The number of carbonyl (C=O) groups excluding carboxylic acids is 1. The molecule has 0 bridgehead atoms. The molecule has 0 aliphatic heterocycles. The van der Waals surface area contributed by atoms with E-state index < -0.39 is 5.97 Å². The Balaban J connectivity index is 1.39. The Morgan fingerprint density at radius 2 is 1.73 bits per heavy atom. The Kier molecular flexibility index (Phi) is 6.54. The van der Waals surface area contributed by atoms with Gasteiger partial charge in [-0.3, -0.25) is 9.78 Å². The van der Waals surface area contributed by atoms with E-state index in [1.807, 2.05) is 66.2 Å². The van der Waals surface area contributed by atoms with Crippen LogP contribution < -0.4 is 5.32 Å². The summed E-state index contributed by atoms with van der Waals surface area (Å²) in [6.45, 7) is 1.88. The lowest BCUT2D eigenvalue weighted by Crippen LogP contribution is -2.27. The lowest BCUT2D eigenvalue weighted by Gasteiger charge is -2.16. The smallest absolute Gasteiger partial charge is 0.335 e. The fourth-order valence-corrected chi connectivity index (χ4v) is 5.00. The molecule has 0 radical (unpaired) electrons. The molecule has 40 heavy (non-hydrogen) atoms. The normalized spacial score (nSPS) is 11.9. The Bertz CT molecular complexity index is 1860.